The molecule has 0 amide bonds. The molecule has 0 saturated heterocycles. The third kappa shape index (κ3) is 2.93. The van der Waals surface area contributed by atoms with Gasteiger partial charge < -0.3 is 4.42 Å². The minimum absolute atomic E-state index is 0.426. The van der Waals surface area contributed by atoms with Crippen molar-refractivity contribution in [2.45, 2.75) is 13.0 Å². The Bertz CT molecular complexity index is 679. The Hall–Kier alpha value is -2.02. The topological polar surface area (TPSA) is 69.6 Å². The Morgan fingerprint density at radius 2 is 1.95 bits per heavy atom. The van der Waals surface area contributed by atoms with Gasteiger partial charge in [0, 0.05) is 23.5 Å². The minimum Gasteiger partial charge on any atom is -0.419 e. The Balaban J connectivity index is 1.73. The van der Waals surface area contributed by atoms with Crippen molar-refractivity contribution >= 4 is 15.9 Å². The number of aromatic nitrogens is 5. The molecule has 102 valence electrons. The summed E-state index contributed by atoms with van der Waals surface area (Å²) < 4.78 is 7.32. The predicted molar refractivity (Wildman–Crippen MR) is 76.4 cm³/mol. The lowest BCUT2D eigenvalue weighted by atomic mass is 10.2. The smallest absolute Gasteiger partial charge is 0.247 e. The Morgan fingerprint density at radius 1 is 1.10 bits per heavy atom. The lowest BCUT2D eigenvalue weighted by molar-refractivity contribution is 0.469. The summed E-state index contributed by atoms with van der Waals surface area (Å²) in [5.41, 5.74) is 1.84. The van der Waals surface area contributed by atoms with Crippen LogP contribution in [0.5, 0.6) is 0 Å². The fourth-order valence-electron chi connectivity index (χ4n) is 1.78. The van der Waals surface area contributed by atoms with Crippen LogP contribution < -0.4 is 0 Å². The van der Waals surface area contributed by atoms with Crippen LogP contribution in [0.25, 0.3) is 11.5 Å². The number of nitrogens with zero attached hydrogens (tertiary/aromatic N) is 5. The molecule has 0 bridgehead atoms. The second-order valence-corrected chi connectivity index (χ2v) is 5.01. The second-order valence-electron chi connectivity index (χ2n) is 4.21. The van der Waals surface area contributed by atoms with Gasteiger partial charge in [-0.2, -0.15) is 0 Å². The summed E-state index contributed by atoms with van der Waals surface area (Å²) in [5, 5.41) is 17.0. The Kier molecular flexibility index (Phi) is 3.87. The van der Waals surface area contributed by atoms with E-state index in [4.69, 9.17) is 4.42 Å². The van der Waals surface area contributed by atoms with Gasteiger partial charge in [-0.05, 0) is 12.1 Å². The third-order valence-electron chi connectivity index (χ3n) is 2.72. The van der Waals surface area contributed by atoms with Crippen molar-refractivity contribution in [3.63, 3.8) is 0 Å². The molecule has 0 aliphatic carbocycles. The van der Waals surface area contributed by atoms with E-state index in [2.05, 4.69) is 36.4 Å². The third-order valence-corrected chi connectivity index (χ3v) is 3.12. The highest BCUT2D eigenvalue weighted by atomic mass is 79.9. The van der Waals surface area contributed by atoms with E-state index < -0.39 is 0 Å². The van der Waals surface area contributed by atoms with Crippen LogP contribution in [-0.2, 0) is 13.0 Å². The van der Waals surface area contributed by atoms with E-state index in [0.717, 1.165) is 23.0 Å². The highest BCUT2D eigenvalue weighted by Gasteiger charge is 2.09. The normalized spacial score (nSPS) is 10.8. The molecule has 1 aromatic carbocycles. The maximum absolute atomic E-state index is 5.62. The van der Waals surface area contributed by atoms with Gasteiger partial charge in [0.2, 0.25) is 11.8 Å². The molecule has 0 atom stereocenters. The maximum atomic E-state index is 5.62. The first-order valence-electron chi connectivity index (χ1n) is 6.18. The molecule has 0 aliphatic rings. The average molecular weight is 334 g/mol. The molecule has 0 fully saturated rings. The number of hydrogen-bond acceptors (Lipinski definition) is 5. The second kappa shape index (κ2) is 5.96. The molecule has 3 rings (SSSR count). The molecular weight excluding hydrogens is 322 g/mol. The summed E-state index contributed by atoms with van der Waals surface area (Å²) in [6.45, 7) is 0.426. The molecule has 3 aromatic rings. The van der Waals surface area contributed by atoms with E-state index in [1.807, 2.05) is 36.5 Å². The van der Waals surface area contributed by atoms with Gasteiger partial charge in [-0.15, -0.1) is 15.3 Å². The molecule has 0 N–H and O–H groups in total. The number of hydrogen-bond donors (Lipinski definition) is 0. The molecule has 7 heteroatoms. The van der Waals surface area contributed by atoms with Crippen LogP contribution in [0.2, 0.25) is 0 Å². The molecule has 0 radical (unpaired) electrons. The van der Waals surface area contributed by atoms with Crippen LogP contribution in [0.1, 0.15) is 11.6 Å². The summed E-state index contributed by atoms with van der Waals surface area (Å²) in [7, 11) is 0. The van der Waals surface area contributed by atoms with Crippen molar-refractivity contribution in [2.24, 2.45) is 0 Å². The highest BCUT2D eigenvalue weighted by Crippen LogP contribution is 2.17. The van der Waals surface area contributed by atoms with Crippen LogP contribution in [0.15, 0.2) is 40.9 Å². The van der Waals surface area contributed by atoms with Crippen LogP contribution in [0.4, 0.5) is 0 Å². The monoisotopic (exact) mass is 333 g/mol. The van der Waals surface area contributed by atoms with Crippen LogP contribution in [0, 0.1) is 0 Å². The van der Waals surface area contributed by atoms with Gasteiger partial charge in [-0.1, -0.05) is 39.3 Å². The van der Waals surface area contributed by atoms with Crippen LogP contribution >= 0.6 is 15.9 Å². The van der Waals surface area contributed by atoms with Gasteiger partial charge in [0.1, 0.15) is 6.54 Å². The van der Waals surface area contributed by atoms with Gasteiger partial charge in [-0.25, -0.2) is 4.68 Å². The summed E-state index contributed by atoms with van der Waals surface area (Å²) in [4.78, 5) is 0. The number of rotatable bonds is 5. The molecule has 0 unspecified atom stereocenters. The van der Waals surface area contributed by atoms with E-state index in [1.165, 1.54) is 0 Å². The van der Waals surface area contributed by atoms with Gasteiger partial charge in [0.15, 0.2) is 0 Å². The molecule has 2 aromatic heterocycles. The molecule has 0 saturated carbocycles. The SMILES string of the molecule is BrCCc1cn(Cc2nnc(-c3ccccc3)o2)nn1. The summed E-state index contributed by atoms with van der Waals surface area (Å²) >= 11 is 3.37. The number of alkyl halides is 1. The van der Waals surface area contributed by atoms with Gasteiger partial charge >= 0.3 is 0 Å². The molecule has 0 spiro atoms. The molecule has 0 aliphatic heterocycles. The largest absolute Gasteiger partial charge is 0.419 e. The standard InChI is InChI=1S/C13H12BrN5O/c14-7-6-11-8-19(18-15-11)9-12-16-17-13(20-12)10-4-2-1-3-5-10/h1-5,8H,6-7,9H2. The van der Waals surface area contributed by atoms with Crippen molar-refractivity contribution in [1.29, 1.82) is 0 Å². The first kappa shape index (κ1) is 13.0. The van der Waals surface area contributed by atoms with Crippen molar-refractivity contribution < 1.29 is 4.42 Å². The lowest BCUT2D eigenvalue weighted by Gasteiger charge is -1.94. The average Bonchev–Trinajstić information content (AvgIpc) is 3.11. The Labute approximate surface area is 124 Å². The van der Waals surface area contributed by atoms with Crippen LogP contribution in [0.3, 0.4) is 0 Å². The van der Waals surface area contributed by atoms with E-state index >= 15 is 0 Å². The zero-order valence-corrected chi connectivity index (χ0v) is 12.2. The van der Waals surface area contributed by atoms with E-state index in [1.54, 1.807) is 4.68 Å². The van der Waals surface area contributed by atoms with Crippen molar-refractivity contribution in [3.05, 3.63) is 48.1 Å². The van der Waals surface area contributed by atoms with Crippen LogP contribution in [-0.4, -0.2) is 30.5 Å². The van der Waals surface area contributed by atoms with Crippen molar-refractivity contribution in [3.8, 4) is 11.5 Å². The Morgan fingerprint density at radius 3 is 2.75 bits per heavy atom. The first-order valence-corrected chi connectivity index (χ1v) is 7.30. The first-order chi connectivity index (χ1) is 9.85. The minimum atomic E-state index is 0.426. The quantitative estimate of drug-likeness (QED) is 0.670. The molecular formula is C13H12BrN5O. The summed E-state index contributed by atoms with van der Waals surface area (Å²) in [5.74, 6) is 1.03. The fourth-order valence-corrected chi connectivity index (χ4v) is 2.19. The van der Waals surface area contributed by atoms with E-state index in [9.17, 15) is 0 Å². The van der Waals surface area contributed by atoms with E-state index in [-0.39, 0.29) is 0 Å². The molecule has 6 nitrogen and oxygen atoms in total. The van der Waals surface area contributed by atoms with E-state index in [0.29, 0.717) is 18.3 Å². The molecule has 2 heterocycles. The zero-order chi connectivity index (χ0) is 13.8. The zero-order valence-electron chi connectivity index (χ0n) is 10.6. The number of benzene rings is 1. The summed E-state index contributed by atoms with van der Waals surface area (Å²) in [6.07, 6.45) is 2.73. The predicted octanol–water partition coefficient (Wildman–Crippen LogP) is 2.31. The fraction of sp³-hybridized carbons (Fsp3) is 0.231. The van der Waals surface area contributed by atoms with Gasteiger partial charge in [-0.3, -0.25) is 0 Å². The van der Waals surface area contributed by atoms with Crippen molar-refractivity contribution in [1.82, 2.24) is 25.2 Å². The van der Waals surface area contributed by atoms with Crippen molar-refractivity contribution in [2.75, 3.05) is 5.33 Å². The number of halogens is 1. The number of aryl methyl sites for hydroxylation is 1. The molecule has 20 heavy (non-hydrogen) atoms. The lowest BCUT2D eigenvalue weighted by Crippen LogP contribution is -2.00. The highest BCUT2D eigenvalue weighted by molar-refractivity contribution is 9.09. The van der Waals surface area contributed by atoms with Gasteiger partial charge in [0.05, 0.1) is 5.69 Å². The maximum Gasteiger partial charge on any atom is 0.247 e. The van der Waals surface area contributed by atoms with Gasteiger partial charge in [0.25, 0.3) is 0 Å². The summed E-state index contributed by atoms with van der Waals surface area (Å²) in [6, 6.07) is 9.68.